The number of carbonyl (C=O) groups excluding carboxylic acids is 6. The largest absolute Gasteiger partial charge is 0.370 e. The highest BCUT2D eigenvalue weighted by atomic mass is 16.2. The Balaban J connectivity index is 1.40. The summed E-state index contributed by atoms with van der Waals surface area (Å²) < 4.78 is 0. The molecule has 5 rings (SSSR count). The third-order valence-corrected chi connectivity index (χ3v) is 11.6. The van der Waals surface area contributed by atoms with Crippen LogP contribution in [0, 0.1) is 5.92 Å². The van der Waals surface area contributed by atoms with E-state index in [0.29, 0.717) is 18.4 Å². The summed E-state index contributed by atoms with van der Waals surface area (Å²) in [5.41, 5.74) is 26.7. The second-order valence-electron chi connectivity index (χ2n) is 16.7. The van der Waals surface area contributed by atoms with Crippen LogP contribution in [-0.4, -0.2) is 89.2 Å². The van der Waals surface area contributed by atoms with Crippen LogP contribution >= 0.6 is 0 Å². The first-order valence-corrected chi connectivity index (χ1v) is 22.5. The Morgan fingerprint density at radius 1 is 0.567 bits per heavy atom. The molecule has 0 saturated carbocycles. The molecule has 0 aliphatic carbocycles. The fourth-order valence-electron chi connectivity index (χ4n) is 7.61. The van der Waals surface area contributed by atoms with E-state index in [-0.39, 0.29) is 44.6 Å². The summed E-state index contributed by atoms with van der Waals surface area (Å²) in [4.78, 5) is 90.9. The fourth-order valence-corrected chi connectivity index (χ4v) is 7.61. The summed E-state index contributed by atoms with van der Waals surface area (Å²) in [5.74, 6) is -4.49. The highest BCUT2D eigenvalue weighted by molar-refractivity contribution is 5.97. The van der Waals surface area contributed by atoms with Gasteiger partial charge in [-0.25, -0.2) is 0 Å². The van der Waals surface area contributed by atoms with Gasteiger partial charge in [0.1, 0.15) is 30.2 Å². The lowest BCUT2D eigenvalue weighted by Gasteiger charge is -2.29. The molecule has 0 aliphatic heterocycles. The monoisotopic (exact) mass is 913 g/mol. The predicted molar refractivity (Wildman–Crippen MR) is 259 cm³/mol. The van der Waals surface area contributed by atoms with Gasteiger partial charge in [0.15, 0.2) is 5.96 Å². The third-order valence-electron chi connectivity index (χ3n) is 11.6. The Labute approximate surface area is 390 Å². The lowest BCUT2D eigenvalue weighted by atomic mass is 9.96. The number of amides is 6. The van der Waals surface area contributed by atoms with Gasteiger partial charge in [0.2, 0.25) is 35.4 Å². The molecule has 1 aromatic heterocycles. The molecule has 4 aromatic carbocycles. The lowest BCUT2D eigenvalue weighted by Crippen LogP contribution is -2.61. The summed E-state index contributed by atoms with van der Waals surface area (Å²) in [5, 5.41) is 15.0. The maximum atomic E-state index is 14.6. The number of rotatable bonds is 25. The van der Waals surface area contributed by atoms with Gasteiger partial charge in [-0.05, 0) is 47.1 Å². The maximum Gasteiger partial charge on any atom is 0.243 e. The minimum atomic E-state index is -1.23. The average Bonchev–Trinajstić information content (AvgIpc) is 3.74. The Hall–Kier alpha value is -7.53. The summed E-state index contributed by atoms with van der Waals surface area (Å²) >= 11 is 0. The van der Waals surface area contributed by atoms with Gasteiger partial charge in [-0.3, -0.25) is 33.8 Å². The highest BCUT2D eigenvalue weighted by Crippen LogP contribution is 2.20. The van der Waals surface area contributed by atoms with E-state index >= 15 is 0 Å². The quantitative estimate of drug-likeness (QED) is 0.0232. The van der Waals surface area contributed by atoms with Gasteiger partial charge in [0.05, 0.1) is 6.04 Å². The van der Waals surface area contributed by atoms with E-state index in [9.17, 15) is 28.8 Å². The molecule has 1 heterocycles. The standard InChI is InChI=1S/C50H63N11O6/c1-3-31(2)43(49(67)60-40(27-33-18-9-5-10-19-33)46(64)57-39(44(52)62)26-32-16-7-4-8-17-32)61-48(66)41(28-34-20-11-6-12-21-34)59-47(65)42(29-35-30-56-38-24-14-13-22-36(35)38)58-45(63)37(51)23-15-25-55-50(53)54/h4-14,16-22,24,30-31,37,39-43,56H,3,15,23,25-29,51H2,1-2H3,(H2,52,62)(H,57,64)(H,58,63)(H,59,65)(H,60,67)(H,61,66)(H4,53,54,55)/t31-,37+,39-,40-,41-,42+,43-/m1/s1. The zero-order valence-electron chi connectivity index (χ0n) is 38.0. The number of nitrogens with zero attached hydrogens (tertiary/aromatic N) is 1. The average molecular weight is 914 g/mol. The van der Waals surface area contributed by atoms with Gasteiger partial charge >= 0.3 is 0 Å². The lowest BCUT2D eigenvalue weighted by molar-refractivity contribution is -0.135. The zero-order chi connectivity index (χ0) is 48.3. The van der Waals surface area contributed by atoms with Crippen molar-refractivity contribution in [3.63, 3.8) is 0 Å². The third kappa shape index (κ3) is 15.6. The van der Waals surface area contributed by atoms with Crippen LogP contribution in [0.4, 0.5) is 0 Å². The number of fused-ring (bicyclic) bond motifs is 1. The molecule has 0 radical (unpaired) electrons. The van der Waals surface area contributed by atoms with Crippen molar-refractivity contribution >= 4 is 52.3 Å². The number of hydrogen-bond acceptors (Lipinski definition) is 8. The first kappa shape index (κ1) is 50.5. The highest BCUT2D eigenvalue weighted by Gasteiger charge is 2.35. The van der Waals surface area contributed by atoms with Gasteiger partial charge in [-0.2, -0.15) is 0 Å². The van der Waals surface area contributed by atoms with E-state index in [1.807, 2.05) is 97.9 Å². The number of nitrogens with two attached hydrogens (primary N) is 4. The van der Waals surface area contributed by atoms with Gasteiger partial charge in [-0.1, -0.05) is 129 Å². The normalized spacial score (nSPS) is 14.2. The molecule has 7 atom stereocenters. The van der Waals surface area contributed by atoms with Crippen molar-refractivity contribution in [1.29, 1.82) is 0 Å². The van der Waals surface area contributed by atoms with Crippen molar-refractivity contribution < 1.29 is 28.8 Å². The minimum absolute atomic E-state index is 0.0280. The molecule has 14 N–H and O–H groups in total. The number of benzene rings is 4. The molecule has 6 amide bonds. The zero-order valence-corrected chi connectivity index (χ0v) is 38.0. The van der Waals surface area contributed by atoms with Crippen LogP contribution in [-0.2, 0) is 54.5 Å². The molecule has 0 saturated heterocycles. The van der Waals surface area contributed by atoms with Crippen LogP contribution in [0.3, 0.4) is 0 Å². The minimum Gasteiger partial charge on any atom is -0.370 e. The number of aromatic nitrogens is 1. The SMILES string of the molecule is CC[C@@H](C)[C@@H](NC(=O)[C@@H](Cc1ccccc1)NC(=O)[C@H](Cc1c[nH]c2ccccc12)NC(=O)[C@@H](N)CCCN=C(N)N)C(=O)N[C@H](Cc1ccccc1)C(=O)N[C@H](Cc1ccccc1)C(N)=O. The smallest absolute Gasteiger partial charge is 0.243 e. The van der Waals surface area contributed by atoms with Gasteiger partial charge < -0.3 is 54.5 Å². The number of hydrogen-bond donors (Lipinski definition) is 10. The summed E-state index contributed by atoms with van der Waals surface area (Å²) in [6, 6.07) is 27.9. The molecule has 5 aromatic rings. The molecule has 67 heavy (non-hydrogen) atoms. The van der Waals surface area contributed by atoms with Crippen LogP contribution in [0.25, 0.3) is 10.9 Å². The van der Waals surface area contributed by atoms with Gasteiger partial charge in [0, 0.05) is 49.3 Å². The van der Waals surface area contributed by atoms with Crippen LogP contribution in [0.15, 0.2) is 126 Å². The van der Waals surface area contributed by atoms with Crippen molar-refractivity contribution in [2.24, 2.45) is 33.8 Å². The summed E-state index contributed by atoms with van der Waals surface area (Å²) in [6.07, 6.45) is 3.13. The topological polar surface area (TPSA) is 295 Å². The van der Waals surface area contributed by atoms with E-state index in [0.717, 1.165) is 27.6 Å². The number of aromatic amines is 1. The molecular weight excluding hydrogens is 851 g/mol. The Bertz CT molecular complexity index is 2440. The van der Waals surface area contributed by atoms with E-state index < -0.39 is 77.6 Å². The van der Waals surface area contributed by atoms with E-state index in [4.69, 9.17) is 22.9 Å². The van der Waals surface area contributed by atoms with Crippen LogP contribution in [0.2, 0.25) is 0 Å². The molecular formula is C50H63N11O6. The number of guanidine groups is 1. The Morgan fingerprint density at radius 2 is 1.01 bits per heavy atom. The molecule has 17 nitrogen and oxygen atoms in total. The van der Waals surface area contributed by atoms with Crippen molar-refractivity contribution in [1.82, 2.24) is 31.6 Å². The van der Waals surface area contributed by atoms with Crippen molar-refractivity contribution in [3.05, 3.63) is 144 Å². The van der Waals surface area contributed by atoms with Crippen LogP contribution in [0.1, 0.15) is 55.4 Å². The van der Waals surface area contributed by atoms with Crippen molar-refractivity contribution in [3.8, 4) is 0 Å². The number of aliphatic imine (C=N–C) groups is 1. The predicted octanol–water partition coefficient (Wildman–Crippen LogP) is 1.77. The molecule has 17 heteroatoms. The van der Waals surface area contributed by atoms with E-state index in [1.54, 1.807) is 37.4 Å². The number of para-hydroxylation sites is 1. The fraction of sp³-hybridized carbons (Fsp3) is 0.340. The first-order valence-electron chi connectivity index (χ1n) is 22.5. The molecule has 0 aliphatic rings. The first-order chi connectivity index (χ1) is 32.2. The number of H-pyrrole nitrogens is 1. The molecule has 0 fully saturated rings. The molecule has 0 bridgehead atoms. The second kappa shape index (κ2) is 25.2. The van der Waals surface area contributed by atoms with Crippen molar-refractivity contribution in [2.45, 2.75) is 95.0 Å². The molecule has 0 spiro atoms. The van der Waals surface area contributed by atoms with Gasteiger partial charge in [-0.15, -0.1) is 0 Å². The van der Waals surface area contributed by atoms with Crippen LogP contribution < -0.4 is 49.5 Å². The molecule has 354 valence electrons. The van der Waals surface area contributed by atoms with Gasteiger partial charge in [0.25, 0.3) is 0 Å². The second-order valence-corrected chi connectivity index (χ2v) is 16.7. The van der Waals surface area contributed by atoms with Crippen LogP contribution in [0.5, 0.6) is 0 Å². The Morgan fingerprint density at radius 3 is 1.54 bits per heavy atom. The van der Waals surface area contributed by atoms with E-state index in [1.165, 1.54) is 0 Å². The Kier molecular flexibility index (Phi) is 19.0. The maximum absolute atomic E-state index is 14.6. The summed E-state index contributed by atoms with van der Waals surface area (Å²) in [7, 11) is 0. The molecule has 0 unspecified atom stereocenters. The number of primary amides is 1. The number of nitrogens with one attached hydrogen (secondary N) is 6. The van der Waals surface area contributed by atoms with E-state index in [2.05, 4.69) is 36.6 Å². The summed E-state index contributed by atoms with van der Waals surface area (Å²) in [6.45, 7) is 3.91. The van der Waals surface area contributed by atoms with Crippen molar-refractivity contribution in [2.75, 3.05) is 6.54 Å². The number of carbonyl (C=O) groups is 6.